The Balaban J connectivity index is 1.000. The number of piperidine rings is 1. The summed E-state index contributed by atoms with van der Waals surface area (Å²) in [6, 6.07) is 15.1. The number of imidazole rings is 1. The highest BCUT2D eigenvalue weighted by molar-refractivity contribution is 5.92. The van der Waals surface area contributed by atoms with Crippen molar-refractivity contribution in [1.82, 2.24) is 24.4 Å². The topological polar surface area (TPSA) is 116 Å². The second-order valence-electron chi connectivity index (χ2n) is 10.9. The van der Waals surface area contributed by atoms with Crippen LogP contribution in [0.3, 0.4) is 0 Å². The number of fused-ring (bicyclic) bond motifs is 2. The fourth-order valence-corrected chi connectivity index (χ4v) is 5.73. The van der Waals surface area contributed by atoms with Crippen molar-refractivity contribution in [2.75, 3.05) is 19.7 Å². The lowest BCUT2D eigenvalue weighted by atomic mass is 9.93. The van der Waals surface area contributed by atoms with Gasteiger partial charge in [-0.15, -0.1) is 0 Å². The van der Waals surface area contributed by atoms with E-state index in [4.69, 9.17) is 23.9 Å². The fourth-order valence-electron chi connectivity index (χ4n) is 5.73. The minimum absolute atomic E-state index is 0.103. The minimum atomic E-state index is -0.945. The van der Waals surface area contributed by atoms with Crippen LogP contribution in [0.15, 0.2) is 59.0 Å². The molecule has 0 radical (unpaired) electrons. The van der Waals surface area contributed by atoms with Gasteiger partial charge in [0.2, 0.25) is 11.8 Å². The monoisotopic (exact) mass is 571 g/mol. The second-order valence-corrected chi connectivity index (χ2v) is 10.9. The Hall–Kier alpha value is -4.35. The summed E-state index contributed by atoms with van der Waals surface area (Å²) in [5.74, 6) is 0.787. The highest BCUT2D eigenvalue weighted by atomic mass is 19.1. The number of carboxylic acids is 1. The summed E-state index contributed by atoms with van der Waals surface area (Å²) in [5.41, 5.74) is 3.85. The van der Waals surface area contributed by atoms with E-state index in [-0.39, 0.29) is 24.1 Å². The summed E-state index contributed by atoms with van der Waals surface area (Å²) in [7, 11) is 0. The Morgan fingerprint density at radius 3 is 2.67 bits per heavy atom. The maximum absolute atomic E-state index is 13.5. The molecule has 3 aromatic heterocycles. The lowest BCUT2D eigenvalue weighted by molar-refractivity contribution is -0.0592. The van der Waals surface area contributed by atoms with Crippen LogP contribution in [0.5, 0.6) is 5.88 Å². The predicted molar refractivity (Wildman–Crippen MR) is 151 cm³/mol. The zero-order valence-corrected chi connectivity index (χ0v) is 22.9. The molecule has 2 aliphatic heterocycles. The molecule has 1 N–H and O–H groups in total. The molecule has 2 aliphatic rings. The normalized spacial score (nSPS) is 18.0. The second kappa shape index (κ2) is 11.1. The molecule has 0 aliphatic carbocycles. The van der Waals surface area contributed by atoms with Crippen LogP contribution in [0.1, 0.15) is 52.9 Å². The van der Waals surface area contributed by atoms with E-state index < -0.39 is 5.97 Å². The molecule has 2 aromatic carbocycles. The molecule has 0 bridgehead atoms. The summed E-state index contributed by atoms with van der Waals surface area (Å²) in [4.78, 5) is 27.9. The van der Waals surface area contributed by atoms with Gasteiger partial charge in [-0.05, 0) is 68.8 Å². The van der Waals surface area contributed by atoms with E-state index in [0.29, 0.717) is 41.9 Å². The molecule has 5 aromatic rings. The molecular weight excluding hydrogens is 541 g/mol. The molecule has 2 fully saturated rings. The quantitative estimate of drug-likeness (QED) is 0.256. The lowest BCUT2D eigenvalue weighted by Gasteiger charge is -2.32. The third kappa shape index (κ3) is 5.45. The third-order valence-corrected chi connectivity index (χ3v) is 8.11. The van der Waals surface area contributed by atoms with Gasteiger partial charge in [-0.1, -0.05) is 6.07 Å². The molecule has 2 saturated heterocycles. The van der Waals surface area contributed by atoms with Gasteiger partial charge < -0.3 is 23.6 Å². The van der Waals surface area contributed by atoms with Crippen LogP contribution in [0.2, 0.25) is 0 Å². The fraction of sp³-hybridized carbons (Fsp3) is 0.355. The van der Waals surface area contributed by atoms with E-state index in [0.717, 1.165) is 61.5 Å². The number of halogens is 1. The third-order valence-electron chi connectivity index (χ3n) is 8.11. The number of hydrogen-bond donors (Lipinski definition) is 1. The Morgan fingerprint density at radius 2 is 1.88 bits per heavy atom. The molecular formula is C31H30FN5O5. The number of carboxylic acid groups (broad SMARTS) is 1. The Labute approximate surface area is 240 Å². The molecule has 216 valence electrons. The number of rotatable bonds is 9. The highest BCUT2D eigenvalue weighted by Gasteiger charge is 2.26. The molecule has 10 nitrogen and oxygen atoms in total. The van der Waals surface area contributed by atoms with Crippen molar-refractivity contribution in [3.8, 4) is 5.88 Å². The molecule has 42 heavy (non-hydrogen) atoms. The molecule has 1 atom stereocenters. The first kappa shape index (κ1) is 26.5. The minimum Gasteiger partial charge on any atom is -0.478 e. The van der Waals surface area contributed by atoms with E-state index in [1.54, 1.807) is 24.3 Å². The van der Waals surface area contributed by atoms with E-state index >= 15 is 0 Å². The molecule has 0 unspecified atom stereocenters. The molecule has 0 spiro atoms. The number of pyridine rings is 1. The first-order valence-corrected chi connectivity index (χ1v) is 14.2. The van der Waals surface area contributed by atoms with Crippen molar-refractivity contribution >= 4 is 28.1 Å². The van der Waals surface area contributed by atoms with Crippen molar-refractivity contribution in [1.29, 1.82) is 0 Å². The Morgan fingerprint density at radius 1 is 1.02 bits per heavy atom. The van der Waals surface area contributed by atoms with Gasteiger partial charge in [-0.3, -0.25) is 4.90 Å². The summed E-state index contributed by atoms with van der Waals surface area (Å²) in [6.45, 7) is 4.00. The van der Waals surface area contributed by atoms with E-state index in [9.17, 15) is 14.3 Å². The molecule has 0 saturated carbocycles. The van der Waals surface area contributed by atoms with Crippen LogP contribution in [0, 0.1) is 5.82 Å². The van der Waals surface area contributed by atoms with Crippen LogP contribution < -0.4 is 4.74 Å². The van der Waals surface area contributed by atoms with Crippen molar-refractivity contribution in [2.24, 2.45) is 0 Å². The van der Waals surface area contributed by atoms with Crippen LogP contribution in [-0.4, -0.2) is 61.3 Å². The Bertz CT molecular complexity index is 1760. The number of hydrogen-bond acceptors (Lipinski definition) is 8. The van der Waals surface area contributed by atoms with Crippen LogP contribution in [-0.2, 0) is 24.4 Å². The number of aromatic nitrogens is 4. The summed E-state index contributed by atoms with van der Waals surface area (Å²) >= 11 is 0. The van der Waals surface area contributed by atoms with E-state index in [1.807, 2.05) is 18.2 Å². The van der Waals surface area contributed by atoms with E-state index in [2.05, 4.69) is 14.5 Å². The number of nitrogens with zero attached hydrogens (tertiary/aromatic N) is 5. The van der Waals surface area contributed by atoms with E-state index in [1.165, 1.54) is 12.1 Å². The first-order valence-electron chi connectivity index (χ1n) is 14.2. The number of likely N-dealkylation sites (tertiary alicyclic amines) is 1. The van der Waals surface area contributed by atoms with Gasteiger partial charge in [-0.25, -0.2) is 24.1 Å². The largest absolute Gasteiger partial charge is 0.478 e. The van der Waals surface area contributed by atoms with Crippen LogP contribution in [0.25, 0.3) is 22.1 Å². The zero-order chi connectivity index (χ0) is 28.6. The number of oxazole rings is 1. The SMILES string of the molecule is O=C(O)c1ccc2nc(CN3CCC(c4cccc(OCc5nc6cc(F)ccc6o5)n4)CC3)n(C[C@@H]3CCO3)c2c1. The zero-order valence-electron chi connectivity index (χ0n) is 22.9. The van der Waals surface area contributed by atoms with Gasteiger partial charge in [0.15, 0.2) is 12.2 Å². The van der Waals surface area contributed by atoms with Crippen molar-refractivity contribution in [3.63, 3.8) is 0 Å². The van der Waals surface area contributed by atoms with Crippen LogP contribution in [0.4, 0.5) is 4.39 Å². The summed E-state index contributed by atoms with van der Waals surface area (Å²) in [6.07, 6.45) is 3.02. The van der Waals surface area contributed by atoms with Gasteiger partial charge in [0.05, 0.1) is 35.8 Å². The average Bonchev–Trinajstić information content (AvgIpc) is 3.53. The maximum atomic E-state index is 13.5. The van der Waals surface area contributed by atoms with Gasteiger partial charge in [0.25, 0.3) is 0 Å². The summed E-state index contributed by atoms with van der Waals surface area (Å²) < 4.78 is 32.8. The molecule has 0 amide bonds. The standard InChI is InChI=1S/C31H30FN5O5/c32-21-5-7-27-25(15-21)35-30(42-27)18-41-29-3-1-2-23(34-29)19-8-11-36(12-9-19)17-28-33-24-6-4-20(31(38)39)14-26(24)37(28)16-22-10-13-40-22/h1-7,14-15,19,22H,8-13,16-18H2,(H,38,39)/t22-/m0/s1. The van der Waals surface area contributed by atoms with Crippen molar-refractivity contribution in [3.05, 3.63) is 83.4 Å². The van der Waals surface area contributed by atoms with Gasteiger partial charge >= 0.3 is 5.97 Å². The smallest absolute Gasteiger partial charge is 0.335 e. The number of ether oxygens (including phenoxy) is 2. The lowest BCUT2D eigenvalue weighted by Crippen LogP contribution is -2.35. The van der Waals surface area contributed by atoms with Gasteiger partial charge in [0.1, 0.15) is 17.2 Å². The van der Waals surface area contributed by atoms with Gasteiger partial charge in [-0.2, -0.15) is 0 Å². The first-order chi connectivity index (χ1) is 20.5. The molecule has 7 rings (SSSR count). The van der Waals surface area contributed by atoms with Crippen LogP contribution >= 0.6 is 0 Å². The van der Waals surface area contributed by atoms with Gasteiger partial charge in [0, 0.05) is 30.4 Å². The van der Waals surface area contributed by atoms with Crippen molar-refractivity contribution < 1.29 is 28.2 Å². The number of aromatic carboxylic acids is 1. The number of benzene rings is 2. The number of carbonyl (C=O) groups is 1. The maximum Gasteiger partial charge on any atom is 0.335 e. The Kier molecular flexibility index (Phi) is 7.04. The van der Waals surface area contributed by atoms with Crippen molar-refractivity contribution in [2.45, 2.75) is 51.0 Å². The molecule has 5 heterocycles. The predicted octanol–water partition coefficient (Wildman–Crippen LogP) is 5.16. The molecule has 11 heteroatoms. The highest BCUT2D eigenvalue weighted by Crippen LogP contribution is 2.30. The summed E-state index contributed by atoms with van der Waals surface area (Å²) in [5, 5.41) is 9.50. The average molecular weight is 572 g/mol.